The Labute approximate surface area is 216 Å². The summed E-state index contributed by atoms with van der Waals surface area (Å²) < 4.78 is 33.3. The van der Waals surface area contributed by atoms with Gasteiger partial charge in [-0.1, -0.05) is 6.07 Å². The third-order valence-corrected chi connectivity index (χ3v) is 7.79. The number of ether oxygens (including phenoxy) is 1. The van der Waals surface area contributed by atoms with Gasteiger partial charge in [-0.05, 0) is 43.2 Å². The van der Waals surface area contributed by atoms with E-state index in [2.05, 4.69) is 9.97 Å². The van der Waals surface area contributed by atoms with E-state index in [9.17, 15) is 18.7 Å². The summed E-state index contributed by atoms with van der Waals surface area (Å²) in [6.07, 6.45) is 5.88. The van der Waals surface area contributed by atoms with Crippen LogP contribution >= 0.6 is 0 Å². The Kier molecular flexibility index (Phi) is 4.81. The zero-order chi connectivity index (χ0) is 26.3. The molecule has 0 radical (unpaired) electrons. The van der Waals surface area contributed by atoms with Crippen LogP contribution in [0.2, 0.25) is 0 Å². The van der Waals surface area contributed by atoms with Gasteiger partial charge >= 0.3 is 6.61 Å². The van der Waals surface area contributed by atoms with Crippen LogP contribution in [0.3, 0.4) is 0 Å². The Bertz CT molecular complexity index is 1590. The topological polar surface area (TPSA) is 96.1 Å². The number of alkyl halides is 2. The van der Waals surface area contributed by atoms with Crippen LogP contribution in [0, 0.1) is 0 Å². The molecule has 0 spiro atoms. The first-order valence-electron chi connectivity index (χ1n) is 12.4. The molecule has 2 unspecified atom stereocenters. The van der Waals surface area contributed by atoms with Crippen LogP contribution < -0.4 is 9.64 Å². The lowest BCUT2D eigenvalue weighted by molar-refractivity contribution is -0.0505. The van der Waals surface area contributed by atoms with Crippen molar-refractivity contribution in [1.82, 2.24) is 24.5 Å². The van der Waals surface area contributed by atoms with Crippen molar-refractivity contribution in [1.29, 1.82) is 0 Å². The second kappa shape index (κ2) is 7.94. The first-order chi connectivity index (χ1) is 18.2. The maximum absolute atomic E-state index is 13.3. The molecular weight excluding hydrogens is 494 g/mol. The van der Waals surface area contributed by atoms with E-state index >= 15 is 0 Å². The number of β-amino-alcohol motifs (C(OH)–C–C–N with tert-alkyl or cyclic N) is 1. The number of amides is 1. The number of nitrogens with zero attached hydrogens (tertiary/aromatic N) is 6. The fourth-order valence-electron chi connectivity index (χ4n) is 6.09. The molecule has 1 fully saturated rings. The van der Waals surface area contributed by atoms with Crippen molar-refractivity contribution >= 4 is 17.4 Å². The zero-order valence-corrected chi connectivity index (χ0v) is 20.7. The molecule has 1 aliphatic carbocycles. The monoisotopic (exact) mass is 518 g/mol. The van der Waals surface area contributed by atoms with Crippen LogP contribution in [0.1, 0.15) is 52.5 Å². The van der Waals surface area contributed by atoms with Crippen molar-refractivity contribution in [2.45, 2.75) is 37.5 Å². The van der Waals surface area contributed by atoms with E-state index in [1.165, 1.54) is 6.07 Å². The Morgan fingerprint density at radius 3 is 2.61 bits per heavy atom. The van der Waals surface area contributed by atoms with Crippen LogP contribution in [0.5, 0.6) is 5.75 Å². The highest BCUT2D eigenvalue weighted by atomic mass is 19.3. The standard InChI is InChI=1S/C27H24F2N6O3/c1-27(37)12-34(13-27)26-30-10-15(11-31-26)14-6-7-35-18(8-14)22-17-9-19(23(22)32-35)33(2)24(36)16-4-3-5-20(21(16)17)38-25(28)29/h3-8,10-11,17,19,25,37H,9,12-13H2,1-2H3. The largest absolute Gasteiger partial charge is 0.434 e. The van der Waals surface area contributed by atoms with E-state index in [0.717, 1.165) is 27.9 Å². The second-order valence-electron chi connectivity index (χ2n) is 10.5. The molecule has 1 amide bonds. The molecule has 38 heavy (non-hydrogen) atoms. The molecule has 1 N–H and O–H groups in total. The van der Waals surface area contributed by atoms with Gasteiger partial charge in [0.2, 0.25) is 5.95 Å². The maximum atomic E-state index is 13.3. The number of hydrogen-bond donors (Lipinski definition) is 1. The maximum Gasteiger partial charge on any atom is 0.387 e. The molecule has 1 saturated heterocycles. The van der Waals surface area contributed by atoms with Crippen molar-refractivity contribution in [3.63, 3.8) is 0 Å². The summed E-state index contributed by atoms with van der Waals surface area (Å²) in [5.74, 6) is 0.00531. The van der Waals surface area contributed by atoms with Crippen LogP contribution in [0.4, 0.5) is 14.7 Å². The molecule has 0 saturated carbocycles. The summed E-state index contributed by atoms with van der Waals surface area (Å²) in [5, 5.41) is 14.8. The number of carbonyl (C=O) groups excluding carboxylic acids is 1. The second-order valence-corrected chi connectivity index (χ2v) is 10.5. The van der Waals surface area contributed by atoms with Gasteiger partial charge in [-0.25, -0.2) is 14.5 Å². The summed E-state index contributed by atoms with van der Waals surface area (Å²) in [7, 11) is 1.72. The SMILES string of the molecule is CN1C(=O)c2cccc(OC(F)F)c2C2CC1c1nn3ccc(-c4cnc(N5CC(C)(O)C5)nc4)cc3c12. The lowest BCUT2D eigenvalue weighted by Crippen LogP contribution is -2.60. The fourth-order valence-corrected chi connectivity index (χ4v) is 6.09. The molecule has 5 heterocycles. The van der Waals surface area contributed by atoms with Crippen molar-refractivity contribution in [2.75, 3.05) is 25.0 Å². The number of halogens is 2. The summed E-state index contributed by atoms with van der Waals surface area (Å²) in [6, 6.07) is 8.35. The number of aromatic nitrogens is 4. The molecule has 3 aliphatic rings. The number of pyridine rings is 1. The fraction of sp³-hybridized carbons (Fsp3) is 0.333. The molecule has 4 aromatic rings. The number of rotatable bonds is 4. The summed E-state index contributed by atoms with van der Waals surface area (Å²) in [4.78, 5) is 25.8. The van der Waals surface area contributed by atoms with Crippen LogP contribution in [0.15, 0.2) is 48.9 Å². The van der Waals surface area contributed by atoms with Gasteiger partial charge in [0.05, 0.1) is 35.9 Å². The number of benzene rings is 1. The predicted octanol–water partition coefficient (Wildman–Crippen LogP) is 3.63. The molecule has 2 bridgehead atoms. The van der Waals surface area contributed by atoms with E-state index in [4.69, 9.17) is 9.84 Å². The Hall–Kier alpha value is -4.12. The first-order valence-corrected chi connectivity index (χ1v) is 12.4. The minimum absolute atomic E-state index is 0.0159. The summed E-state index contributed by atoms with van der Waals surface area (Å²) in [5.41, 5.74) is 4.31. The van der Waals surface area contributed by atoms with Gasteiger partial charge in [-0.3, -0.25) is 4.79 Å². The molecule has 2 aliphatic heterocycles. The highest BCUT2D eigenvalue weighted by Gasteiger charge is 2.46. The Morgan fingerprint density at radius 2 is 1.89 bits per heavy atom. The lowest BCUT2D eigenvalue weighted by atomic mass is 9.88. The van der Waals surface area contributed by atoms with Gasteiger partial charge in [0.25, 0.3) is 5.91 Å². The van der Waals surface area contributed by atoms with Gasteiger partial charge < -0.3 is 19.6 Å². The molecule has 194 valence electrons. The zero-order valence-electron chi connectivity index (χ0n) is 20.7. The number of carbonyl (C=O) groups is 1. The Balaban J connectivity index is 1.32. The van der Waals surface area contributed by atoms with Crippen LogP contribution in [0.25, 0.3) is 16.6 Å². The number of anilines is 1. The molecule has 9 nitrogen and oxygen atoms in total. The number of aliphatic hydroxyl groups is 1. The molecule has 7 rings (SSSR count). The summed E-state index contributed by atoms with van der Waals surface area (Å²) >= 11 is 0. The molecular formula is C27H24F2N6O3. The minimum Gasteiger partial charge on any atom is -0.434 e. The van der Waals surface area contributed by atoms with Crippen molar-refractivity contribution in [3.8, 4) is 16.9 Å². The van der Waals surface area contributed by atoms with Gasteiger partial charge in [-0.2, -0.15) is 13.9 Å². The van der Waals surface area contributed by atoms with Gasteiger partial charge in [0, 0.05) is 53.8 Å². The Morgan fingerprint density at radius 1 is 1.13 bits per heavy atom. The highest BCUT2D eigenvalue weighted by molar-refractivity contribution is 5.98. The predicted molar refractivity (Wildman–Crippen MR) is 133 cm³/mol. The van der Waals surface area contributed by atoms with E-state index in [0.29, 0.717) is 36.6 Å². The lowest BCUT2D eigenvalue weighted by Gasteiger charge is -2.44. The molecule has 1 aromatic carbocycles. The molecule has 11 heteroatoms. The van der Waals surface area contributed by atoms with Crippen LogP contribution in [-0.2, 0) is 0 Å². The highest BCUT2D eigenvalue weighted by Crippen LogP contribution is 2.53. The smallest absolute Gasteiger partial charge is 0.387 e. The van der Waals surface area contributed by atoms with E-state index in [1.54, 1.807) is 47.9 Å². The average Bonchev–Trinajstić information content (AvgIpc) is 3.40. The van der Waals surface area contributed by atoms with E-state index in [1.807, 2.05) is 23.2 Å². The quantitative estimate of drug-likeness (QED) is 0.441. The minimum atomic E-state index is -3.00. The number of hydrogen-bond acceptors (Lipinski definition) is 7. The van der Waals surface area contributed by atoms with E-state index < -0.39 is 12.2 Å². The normalized spacial score (nSPS) is 21.4. The summed E-state index contributed by atoms with van der Waals surface area (Å²) in [6.45, 7) is -0.255. The molecule has 2 atom stereocenters. The third-order valence-electron chi connectivity index (χ3n) is 7.79. The average molecular weight is 519 g/mol. The molecule has 3 aromatic heterocycles. The number of fused-ring (bicyclic) bond motifs is 9. The van der Waals surface area contributed by atoms with E-state index in [-0.39, 0.29) is 23.6 Å². The first kappa shape index (κ1) is 23.0. The van der Waals surface area contributed by atoms with Crippen molar-refractivity contribution < 1.29 is 23.4 Å². The van der Waals surface area contributed by atoms with Crippen molar-refractivity contribution in [2.24, 2.45) is 0 Å². The van der Waals surface area contributed by atoms with Gasteiger partial charge in [0.15, 0.2) is 0 Å². The van der Waals surface area contributed by atoms with Crippen LogP contribution in [-0.4, -0.2) is 67.8 Å². The van der Waals surface area contributed by atoms with Gasteiger partial charge in [0.1, 0.15) is 5.75 Å². The van der Waals surface area contributed by atoms with Crippen molar-refractivity contribution in [3.05, 3.63) is 71.3 Å². The van der Waals surface area contributed by atoms with Gasteiger partial charge in [-0.15, -0.1) is 0 Å². The third kappa shape index (κ3) is 3.38.